The van der Waals surface area contributed by atoms with Crippen LogP contribution < -0.4 is 0 Å². The molecule has 1 heterocycles. The summed E-state index contributed by atoms with van der Waals surface area (Å²) in [6, 6.07) is 5.81. The minimum atomic E-state index is -0.141. The highest BCUT2D eigenvalue weighted by molar-refractivity contribution is 9.10. The van der Waals surface area contributed by atoms with Gasteiger partial charge in [0, 0.05) is 30.3 Å². The maximum absolute atomic E-state index is 12.4. The highest BCUT2D eigenvalue weighted by Gasteiger charge is 2.19. The predicted octanol–water partition coefficient (Wildman–Crippen LogP) is 2.54. The minimum absolute atomic E-state index is 0.141. The Labute approximate surface area is 121 Å². The lowest BCUT2D eigenvalue weighted by atomic mass is 10.3. The van der Waals surface area contributed by atoms with Crippen molar-refractivity contribution in [2.24, 2.45) is 0 Å². The predicted molar refractivity (Wildman–Crippen MR) is 74.2 cm³/mol. The summed E-state index contributed by atoms with van der Waals surface area (Å²) in [5, 5.41) is 17.3. The average molecular weight is 323 g/mol. The molecule has 1 amide bonds. The maximum atomic E-state index is 12.4. The Balaban J connectivity index is 2.91. The van der Waals surface area contributed by atoms with E-state index in [9.17, 15) is 4.79 Å². The second-order valence-corrected chi connectivity index (χ2v) is 4.85. The van der Waals surface area contributed by atoms with Crippen LogP contribution in [0.4, 0.5) is 0 Å². The third-order valence-corrected chi connectivity index (χ3v) is 3.13. The third kappa shape index (κ3) is 4.11. The Morgan fingerprint density at radius 1 is 1.37 bits per heavy atom. The maximum Gasteiger partial charge on any atom is 0.270 e. The van der Waals surface area contributed by atoms with Gasteiger partial charge in [-0.1, -0.05) is 0 Å². The van der Waals surface area contributed by atoms with Crippen LogP contribution in [0, 0.1) is 22.7 Å². The van der Waals surface area contributed by atoms with Gasteiger partial charge in [-0.2, -0.15) is 10.5 Å². The Kier molecular flexibility index (Phi) is 6.11. The van der Waals surface area contributed by atoms with Crippen molar-refractivity contribution in [2.45, 2.75) is 26.3 Å². The van der Waals surface area contributed by atoms with Gasteiger partial charge in [-0.05, 0) is 28.9 Å². The number of halogens is 1. The lowest BCUT2D eigenvalue weighted by Crippen LogP contribution is -2.34. The van der Waals surface area contributed by atoms with Crippen LogP contribution in [0.5, 0.6) is 0 Å². The number of carbonyl (C=O) groups is 1. The SMILES string of the molecule is CCn1cc(Br)cc1C(=O)N(CCC#N)CCC#N. The molecular formula is C13H15BrN4O. The molecule has 100 valence electrons. The number of nitrogens with zero attached hydrogens (tertiary/aromatic N) is 4. The number of nitriles is 2. The summed E-state index contributed by atoms with van der Waals surface area (Å²) in [5.41, 5.74) is 0.574. The summed E-state index contributed by atoms with van der Waals surface area (Å²) in [5.74, 6) is -0.141. The molecule has 0 saturated heterocycles. The van der Waals surface area contributed by atoms with Crippen molar-refractivity contribution in [3.05, 3.63) is 22.4 Å². The van der Waals surface area contributed by atoms with Gasteiger partial charge >= 0.3 is 0 Å². The lowest BCUT2D eigenvalue weighted by Gasteiger charge is -2.20. The van der Waals surface area contributed by atoms with Crippen LogP contribution in [0.25, 0.3) is 0 Å². The lowest BCUT2D eigenvalue weighted by molar-refractivity contribution is 0.0752. The molecule has 5 nitrogen and oxygen atoms in total. The first kappa shape index (κ1) is 15.3. The Morgan fingerprint density at radius 2 is 1.95 bits per heavy atom. The van der Waals surface area contributed by atoms with E-state index in [2.05, 4.69) is 15.9 Å². The van der Waals surface area contributed by atoms with Gasteiger partial charge in [0.15, 0.2) is 0 Å². The number of carbonyl (C=O) groups excluding carboxylic acids is 1. The number of hydrogen-bond acceptors (Lipinski definition) is 3. The molecule has 0 fully saturated rings. The largest absolute Gasteiger partial charge is 0.343 e. The van der Waals surface area contributed by atoms with Crippen LogP contribution in [-0.2, 0) is 6.54 Å². The molecular weight excluding hydrogens is 308 g/mol. The third-order valence-electron chi connectivity index (χ3n) is 2.70. The van der Waals surface area contributed by atoms with E-state index < -0.39 is 0 Å². The first-order valence-electron chi connectivity index (χ1n) is 6.02. The fraction of sp³-hybridized carbons (Fsp3) is 0.462. The van der Waals surface area contributed by atoms with Gasteiger partial charge in [-0.3, -0.25) is 4.79 Å². The summed E-state index contributed by atoms with van der Waals surface area (Å²) in [4.78, 5) is 14.0. The molecule has 0 radical (unpaired) electrons. The van der Waals surface area contributed by atoms with Crippen molar-refractivity contribution < 1.29 is 4.79 Å². The summed E-state index contributed by atoms with van der Waals surface area (Å²) >= 11 is 3.35. The molecule has 0 unspecified atom stereocenters. The molecule has 6 heteroatoms. The monoisotopic (exact) mass is 322 g/mol. The fourth-order valence-corrected chi connectivity index (χ4v) is 2.23. The van der Waals surface area contributed by atoms with E-state index in [1.807, 2.05) is 29.8 Å². The van der Waals surface area contributed by atoms with E-state index in [0.717, 1.165) is 4.47 Å². The number of rotatable bonds is 6. The Bertz CT molecular complexity index is 506. The number of amides is 1. The van der Waals surface area contributed by atoms with Crippen LogP contribution in [0.3, 0.4) is 0 Å². The highest BCUT2D eigenvalue weighted by Crippen LogP contribution is 2.17. The molecule has 0 aliphatic carbocycles. The molecule has 0 saturated carbocycles. The molecule has 1 aromatic heterocycles. The van der Waals surface area contributed by atoms with Gasteiger partial charge in [0.25, 0.3) is 5.91 Å². The Hall–Kier alpha value is -1.79. The van der Waals surface area contributed by atoms with Gasteiger partial charge in [-0.15, -0.1) is 0 Å². The summed E-state index contributed by atoms with van der Waals surface area (Å²) < 4.78 is 2.69. The molecule has 0 atom stereocenters. The summed E-state index contributed by atoms with van der Waals surface area (Å²) in [6.45, 7) is 3.35. The minimum Gasteiger partial charge on any atom is -0.343 e. The number of hydrogen-bond donors (Lipinski definition) is 0. The zero-order valence-corrected chi connectivity index (χ0v) is 12.4. The molecule has 0 aliphatic heterocycles. The number of aryl methyl sites for hydroxylation is 1. The zero-order valence-electron chi connectivity index (χ0n) is 10.8. The van der Waals surface area contributed by atoms with Crippen molar-refractivity contribution in [1.29, 1.82) is 10.5 Å². The smallest absolute Gasteiger partial charge is 0.270 e. The van der Waals surface area contributed by atoms with E-state index in [4.69, 9.17) is 10.5 Å². The van der Waals surface area contributed by atoms with Crippen molar-refractivity contribution in [2.75, 3.05) is 13.1 Å². The van der Waals surface area contributed by atoms with E-state index in [1.165, 1.54) is 0 Å². The standard InChI is InChI=1S/C13H15BrN4O/c1-2-17-10-11(14)9-12(17)13(19)18(7-3-5-15)8-4-6-16/h9-10H,2-4,7-8H2,1H3. The van der Waals surface area contributed by atoms with E-state index in [-0.39, 0.29) is 18.7 Å². The van der Waals surface area contributed by atoms with Crippen LogP contribution in [0.15, 0.2) is 16.7 Å². The van der Waals surface area contributed by atoms with Crippen molar-refractivity contribution >= 4 is 21.8 Å². The molecule has 0 bridgehead atoms. The second-order valence-electron chi connectivity index (χ2n) is 3.94. The second kappa shape index (κ2) is 7.60. The molecule has 0 aliphatic rings. The van der Waals surface area contributed by atoms with Crippen molar-refractivity contribution in [3.63, 3.8) is 0 Å². The fourth-order valence-electron chi connectivity index (χ4n) is 1.76. The first-order valence-corrected chi connectivity index (χ1v) is 6.82. The van der Waals surface area contributed by atoms with Gasteiger partial charge in [0.1, 0.15) is 5.69 Å². The molecule has 19 heavy (non-hydrogen) atoms. The van der Waals surface area contributed by atoms with E-state index in [0.29, 0.717) is 25.3 Å². The van der Waals surface area contributed by atoms with Gasteiger partial charge in [0.2, 0.25) is 0 Å². The topological polar surface area (TPSA) is 72.8 Å². The van der Waals surface area contributed by atoms with Crippen LogP contribution in [0.1, 0.15) is 30.3 Å². The first-order chi connectivity index (χ1) is 9.13. The highest BCUT2D eigenvalue weighted by atomic mass is 79.9. The van der Waals surface area contributed by atoms with Gasteiger partial charge in [-0.25, -0.2) is 0 Å². The van der Waals surface area contributed by atoms with Gasteiger partial charge in [0.05, 0.1) is 25.0 Å². The van der Waals surface area contributed by atoms with E-state index in [1.54, 1.807) is 11.0 Å². The summed E-state index contributed by atoms with van der Waals surface area (Å²) in [7, 11) is 0. The van der Waals surface area contributed by atoms with Gasteiger partial charge < -0.3 is 9.47 Å². The van der Waals surface area contributed by atoms with Crippen LogP contribution >= 0.6 is 15.9 Å². The zero-order chi connectivity index (χ0) is 14.3. The average Bonchev–Trinajstić information content (AvgIpc) is 2.79. The molecule has 1 aromatic rings. The normalized spacial score (nSPS) is 9.68. The van der Waals surface area contributed by atoms with E-state index >= 15 is 0 Å². The Morgan fingerprint density at radius 3 is 2.42 bits per heavy atom. The molecule has 0 aromatic carbocycles. The van der Waals surface area contributed by atoms with Crippen LogP contribution in [0.2, 0.25) is 0 Å². The van der Waals surface area contributed by atoms with Crippen molar-refractivity contribution in [1.82, 2.24) is 9.47 Å². The molecule has 0 spiro atoms. The van der Waals surface area contributed by atoms with Crippen LogP contribution in [-0.4, -0.2) is 28.5 Å². The summed E-state index contributed by atoms with van der Waals surface area (Å²) in [6.07, 6.45) is 2.39. The quantitative estimate of drug-likeness (QED) is 0.807. The van der Waals surface area contributed by atoms with Crippen molar-refractivity contribution in [3.8, 4) is 12.1 Å². The molecule has 1 rings (SSSR count). The molecule has 0 N–H and O–H groups in total. The number of aromatic nitrogens is 1.